The van der Waals surface area contributed by atoms with Crippen LogP contribution in [0.2, 0.25) is 0 Å². The third kappa shape index (κ3) is 1.99. The Balaban J connectivity index is 1.76. The molecule has 0 bridgehead atoms. The van der Waals surface area contributed by atoms with Gasteiger partial charge in [0.15, 0.2) is 0 Å². The van der Waals surface area contributed by atoms with E-state index in [2.05, 4.69) is 28.8 Å². The Kier molecular flexibility index (Phi) is 3.06. The summed E-state index contributed by atoms with van der Waals surface area (Å²) in [7, 11) is 0. The van der Waals surface area contributed by atoms with E-state index < -0.39 is 11.4 Å². The van der Waals surface area contributed by atoms with E-state index in [1.54, 1.807) is 0 Å². The molecule has 5 rings (SSSR count). The van der Waals surface area contributed by atoms with Crippen LogP contribution >= 0.6 is 0 Å². The second kappa shape index (κ2) is 5.14. The maximum atomic E-state index is 11.7. The Labute approximate surface area is 135 Å². The van der Waals surface area contributed by atoms with Gasteiger partial charge in [-0.25, -0.2) is 0 Å². The molecule has 0 N–H and O–H groups in total. The van der Waals surface area contributed by atoms with Gasteiger partial charge in [-0.1, -0.05) is 36.4 Å². The van der Waals surface area contributed by atoms with Crippen molar-refractivity contribution in [2.24, 2.45) is 0 Å². The first-order chi connectivity index (χ1) is 11.3. The number of para-hydroxylation sites is 2. The second-order valence-corrected chi connectivity index (χ2v) is 6.70. The molecule has 1 aromatic heterocycles. The molecule has 2 fully saturated rings. The first kappa shape index (κ1) is 13.7. The van der Waals surface area contributed by atoms with Crippen LogP contribution in [0, 0.1) is 0 Å². The van der Waals surface area contributed by atoms with E-state index in [0.717, 1.165) is 11.0 Å². The zero-order chi connectivity index (χ0) is 15.4. The second-order valence-electron chi connectivity index (χ2n) is 5.91. The van der Waals surface area contributed by atoms with Crippen LogP contribution in [0.4, 0.5) is 0 Å². The summed E-state index contributed by atoms with van der Waals surface area (Å²) >= 11 is -1.69. The monoisotopic (exact) mass is 329 g/mol. The zero-order valence-corrected chi connectivity index (χ0v) is 13.1. The molecule has 2 aromatic carbocycles. The lowest BCUT2D eigenvalue weighted by Gasteiger charge is -2.32. The molecule has 4 atom stereocenters. The predicted molar refractivity (Wildman–Crippen MR) is 87.2 cm³/mol. The molecule has 118 valence electrons. The number of hydrogen-bond donors (Lipinski definition) is 0. The van der Waals surface area contributed by atoms with Crippen LogP contribution < -0.4 is 0 Å². The molecule has 0 spiro atoms. The minimum Gasteiger partial charge on any atom is -0.376 e. The van der Waals surface area contributed by atoms with Gasteiger partial charge in [-0.15, -0.1) is 0 Å². The number of aromatic nitrogens is 1. The van der Waals surface area contributed by atoms with Gasteiger partial charge in [-0.2, -0.15) is 4.21 Å². The number of ether oxygens (including phenoxy) is 1. The molecule has 0 aliphatic carbocycles. The van der Waals surface area contributed by atoms with Gasteiger partial charge < -0.3 is 9.30 Å². The Morgan fingerprint density at radius 1 is 0.913 bits per heavy atom. The zero-order valence-electron chi connectivity index (χ0n) is 12.3. The standard InChI is InChI=1S/C17H15NO4S/c19-23-21-16-10-20-9-15(17(16)22-23)18-13-7-3-1-5-11(13)12-6-2-4-8-14(12)18/h1-8,15-17H,9-10H2. The van der Waals surface area contributed by atoms with Gasteiger partial charge in [0.1, 0.15) is 12.2 Å². The fourth-order valence-corrected chi connectivity index (χ4v) is 4.54. The van der Waals surface area contributed by atoms with Gasteiger partial charge >= 0.3 is 11.4 Å². The van der Waals surface area contributed by atoms with E-state index >= 15 is 0 Å². The van der Waals surface area contributed by atoms with Crippen molar-refractivity contribution in [3.63, 3.8) is 0 Å². The number of nitrogens with zero attached hydrogens (tertiary/aromatic N) is 1. The van der Waals surface area contributed by atoms with Crippen molar-refractivity contribution >= 4 is 33.2 Å². The maximum absolute atomic E-state index is 11.7. The van der Waals surface area contributed by atoms with Crippen molar-refractivity contribution in [1.29, 1.82) is 0 Å². The highest BCUT2D eigenvalue weighted by Crippen LogP contribution is 2.38. The molecule has 3 aromatic rings. The average molecular weight is 329 g/mol. The van der Waals surface area contributed by atoms with Crippen LogP contribution in [-0.4, -0.2) is 34.2 Å². The minimum absolute atomic E-state index is 0.0648. The first-order valence-corrected chi connectivity index (χ1v) is 8.64. The largest absolute Gasteiger partial charge is 0.376 e. The lowest BCUT2D eigenvalue weighted by atomic mass is 10.0. The highest BCUT2D eigenvalue weighted by Gasteiger charge is 2.45. The average Bonchev–Trinajstić information content (AvgIpc) is 3.12. The molecule has 2 saturated heterocycles. The number of hydrogen-bond acceptors (Lipinski definition) is 4. The summed E-state index contributed by atoms with van der Waals surface area (Å²) in [6, 6.07) is 16.5. The molecule has 4 unspecified atom stereocenters. The summed E-state index contributed by atoms with van der Waals surface area (Å²) in [6.45, 7) is 0.939. The SMILES string of the molecule is O=S1OC2COCC(n3c4ccccc4c4ccccc43)C2O1. The highest BCUT2D eigenvalue weighted by molar-refractivity contribution is 7.75. The van der Waals surface area contributed by atoms with Crippen LogP contribution in [0.15, 0.2) is 48.5 Å². The van der Waals surface area contributed by atoms with E-state index in [0.29, 0.717) is 13.2 Å². The third-order valence-electron chi connectivity index (χ3n) is 4.66. The fourth-order valence-electron chi connectivity index (χ4n) is 3.70. The minimum atomic E-state index is -1.69. The third-order valence-corrected chi connectivity index (χ3v) is 5.44. The number of benzene rings is 2. The molecule has 6 heteroatoms. The molecule has 2 aliphatic heterocycles. The lowest BCUT2D eigenvalue weighted by Crippen LogP contribution is -2.43. The molecule has 2 aliphatic rings. The van der Waals surface area contributed by atoms with Gasteiger partial charge in [0, 0.05) is 21.8 Å². The predicted octanol–water partition coefficient (Wildman–Crippen LogP) is 2.73. The quantitative estimate of drug-likeness (QED) is 0.689. The van der Waals surface area contributed by atoms with Crippen LogP contribution in [0.3, 0.4) is 0 Å². The van der Waals surface area contributed by atoms with E-state index in [9.17, 15) is 4.21 Å². The first-order valence-electron chi connectivity index (χ1n) is 7.64. The van der Waals surface area contributed by atoms with Gasteiger partial charge in [0.25, 0.3) is 0 Å². The molecule has 3 heterocycles. The topological polar surface area (TPSA) is 49.7 Å². The van der Waals surface area contributed by atoms with Crippen molar-refractivity contribution in [2.75, 3.05) is 13.2 Å². The van der Waals surface area contributed by atoms with Gasteiger partial charge in [-0.05, 0) is 12.1 Å². The normalized spacial score (nSPS) is 30.8. The maximum Gasteiger partial charge on any atom is 0.305 e. The molecular formula is C17H15NO4S. The Bertz CT molecular complexity index is 868. The van der Waals surface area contributed by atoms with Crippen LogP contribution in [0.5, 0.6) is 0 Å². The van der Waals surface area contributed by atoms with Crippen molar-refractivity contribution in [1.82, 2.24) is 4.57 Å². The Morgan fingerprint density at radius 3 is 2.26 bits per heavy atom. The molecule has 23 heavy (non-hydrogen) atoms. The highest BCUT2D eigenvalue weighted by atomic mass is 32.2. The summed E-state index contributed by atoms with van der Waals surface area (Å²) in [4.78, 5) is 0. The summed E-state index contributed by atoms with van der Waals surface area (Å²) < 4.78 is 30.5. The van der Waals surface area contributed by atoms with Crippen LogP contribution in [-0.2, 0) is 24.5 Å². The molecule has 0 radical (unpaired) electrons. The fraction of sp³-hybridized carbons (Fsp3) is 0.294. The van der Waals surface area contributed by atoms with Crippen LogP contribution in [0.25, 0.3) is 21.8 Å². The molecule has 0 amide bonds. The molecular weight excluding hydrogens is 314 g/mol. The molecule has 0 saturated carbocycles. The lowest BCUT2D eigenvalue weighted by molar-refractivity contribution is -0.0519. The Hall–Kier alpha value is -1.73. The van der Waals surface area contributed by atoms with E-state index in [1.807, 2.05) is 24.3 Å². The van der Waals surface area contributed by atoms with Crippen molar-refractivity contribution in [3.8, 4) is 0 Å². The van der Waals surface area contributed by atoms with E-state index in [4.69, 9.17) is 13.1 Å². The summed E-state index contributed by atoms with van der Waals surface area (Å²) in [5.41, 5.74) is 2.26. The van der Waals surface area contributed by atoms with E-state index in [-0.39, 0.29) is 18.2 Å². The summed E-state index contributed by atoms with van der Waals surface area (Å²) in [5.74, 6) is 0. The number of rotatable bonds is 1. The van der Waals surface area contributed by atoms with Crippen LogP contribution in [0.1, 0.15) is 6.04 Å². The number of fused-ring (bicyclic) bond motifs is 4. The van der Waals surface area contributed by atoms with Gasteiger partial charge in [0.05, 0.1) is 19.3 Å². The van der Waals surface area contributed by atoms with Crippen molar-refractivity contribution in [2.45, 2.75) is 18.2 Å². The van der Waals surface area contributed by atoms with Crippen molar-refractivity contribution in [3.05, 3.63) is 48.5 Å². The summed E-state index contributed by atoms with van der Waals surface area (Å²) in [6.07, 6.45) is -0.543. The Morgan fingerprint density at radius 2 is 1.57 bits per heavy atom. The summed E-state index contributed by atoms with van der Waals surface area (Å²) in [5, 5.41) is 2.40. The smallest absolute Gasteiger partial charge is 0.305 e. The van der Waals surface area contributed by atoms with Gasteiger partial charge in [0.2, 0.25) is 0 Å². The van der Waals surface area contributed by atoms with Gasteiger partial charge in [-0.3, -0.25) is 8.37 Å². The van der Waals surface area contributed by atoms with Crippen molar-refractivity contribution < 1.29 is 17.3 Å². The molecule has 5 nitrogen and oxygen atoms in total. The van der Waals surface area contributed by atoms with E-state index in [1.165, 1.54) is 10.8 Å².